The summed E-state index contributed by atoms with van der Waals surface area (Å²) in [5.41, 5.74) is 0.756. The van der Waals surface area contributed by atoms with Gasteiger partial charge in [-0.05, 0) is 36.4 Å². The van der Waals surface area contributed by atoms with Gasteiger partial charge in [-0.15, -0.1) is 11.5 Å². The van der Waals surface area contributed by atoms with Crippen LogP contribution >= 0.6 is 11.6 Å². The fourth-order valence-electron chi connectivity index (χ4n) is 2.04. The monoisotopic (exact) mass is 313 g/mol. The zero-order valence-corrected chi connectivity index (χ0v) is 11.9. The lowest BCUT2D eigenvalue weighted by molar-refractivity contribution is 0.630. The van der Waals surface area contributed by atoms with Crippen LogP contribution in [0.25, 0.3) is 17.1 Å². The van der Waals surface area contributed by atoms with Gasteiger partial charge in [0, 0.05) is 5.56 Å². The first kappa shape index (κ1) is 14.1. The van der Waals surface area contributed by atoms with Gasteiger partial charge in [-0.2, -0.15) is 4.68 Å². The molecule has 0 atom stereocenters. The first-order valence-electron chi connectivity index (χ1n) is 6.31. The van der Waals surface area contributed by atoms with Crippen LogP contribution in [0.3, 0.4) is 0 Å². The molecule has 0 saturated heterocycles. The van der Waals surface area contributed by atoms with Crippen molar-refractivity contribution in [2.45, 2.75) is 0 Å². The first-order chi connectivity index (χ1) is 10.6. The Morgan fingerprint density at radius 1 is 1.23 bits per heavy atom. The number of nitrogens with one attached hydrogen (secondary N) is 1. The fraction of sp³-hybridized carbons (Fsp3) is 0. The van der Waals surface area contributed by atoms with Crippen molar-refractivity contribution in [2.24, 2.45) is 0 Å². The molecule has 0 unspecified atom stereocenters. The smallest absolute Gasteiger partial charge is 0.288 e. The standard InChI is InChI=1S/C16H9ClFN3O/c1-2-10-6-8-11(9-7-10)21-16(22)19-15(20-21)14-12(17)4-3-5-13(14)18/h1,3-9H,(H,19,20,22). The minimum absolute atomic E-state index is 0.0558. The SMILES string of the molecule is C#Cc1ccc(-n2nc(-c3c(F)cccc3Cl)[nH]c2=O)cc1. The van der Waals surface area contributed by atoms with E-state index in [-0.39, 0.29) is 16.4 Å². The number of nitrogens with zero attached hydrogens (tertiary/aromatic N) is 2. The van der Waals surface area contributed by atoms with Crippen molar-refractivity contribution in [3.8, 4) is 29.4 Å². The Morgan fingerprint density at radius 3 is 2.59 bits per heavy atom. The van der Waals surface area contributed by atoms with Gasteiger partial charge in [0.15, 0.2) is 5.82 Å². The summed E-state index contributed by atoms with van der Waals surface area (Å²) in [5.74, 6) is 1.99. The van der Waals surface area contributed by atoms with Gasteiger partial charge in [0.2, 0.25) is 0 Å². The minimum Gasteiger partial charge on any atom is -0.288 e. The van der Waals surface area contributed by atoms with Crippen molar-refractivity contribution in [3.63, 3.8) is 0 Å². The molecule has 0 radical (unpaired) electrons. The molecule has 6 heteroatoms. The maximum atomic E-state index is 13.9. The van der Waals surface area contributed by atoms with Crippen molar-refractivity contribution in [1.82, 2.24) is 14.8 Å². The molecule has 0 spiro atoms. The van der Waals surface area contributed by atoms with E-state index >= 15 is 0 Å². The highest BCUT2D eigenvalue weighted by Crippen LogP contribution is 2.27. The van der Waals surface area contributed by atoms with Crippen LogP contribution in [0, 0.1) is 18.2 Å². The number of hydrogen-bond acceptors (Lipinski definition) is 2. The lowest BCUT2D eigenvalue weighted by atomic mass is 10.2. The highest BCUT2D eigenvalue weighted by atomic mass is 35.5. The first-order valence-corrected chi connectivity index (χ1v) is 6.68. The van der Waals surface area contributed by atoms with Gasteiger partial charge in [-0.25, -0.2) is 9.18 Å². The van der Waals surface area contributed by atoms with E-state index in [4.69, 9.17) is 18.0 Å². The Hall–Kier alpha value is -2.84. The maximum Gasteiger partial charge on any atom is 0.348 e. The lowest BCUT2D eigenvalue weighted by Gasteiger charge is -2.02. The summed E-state index contributed by atoms with van der Waals surface area (Å²) in [6.45, 7) is 0. The number of benzene rings is 2. The second-order valence-electron chi connectivity index (χ2n) is 4.48. The normalized spacial score (nSPS) is 10.4. The molecule has 0 aliphatic heterocycles. The summed E-state index contributed by atoms with van der Waals surface area (Å²) >= 11 is 5.98. The Balaban J connectivity index is 2.12. The molecular formula is C16H9ClFN3O. The lowest BCUT2D eigenvalue weighted by Crippen LogP contribution is -2.15. The molecule has 3 rings (SSSR count). The van der Waals surface area contributed by atoms with Crippen LogP contribution in [-0.2, 0) is 0 Å². The van der Waals surface area contributed by atoms with Crippen molar-refractivity contribution in [3.05, 3.63) is 69.4 Å². The van der Waals surface area contributed by atoms with E-state index in [0.29, 0.717) is 11.3 Å². The average Bonchev–Trinajstić information content (AvgIpc) is 2.89. The van der Waals surface area contributed by atoms with Gasteiger partial charge in [0.25, 0.3) is 0 Å². The van der Waals surface area contributed by atoms with Crippen LogP contribution in [0.15, 0.2) is 47.3 Å². The number of hydrogen-bond donors (Lipinski definition) is 1. The minimum atomic E-state index is -0.559. The summed E-state index contributed by atoms with van der Waals surface area (Å²) in [7, 11) is 0. The molecule has 0 amide bonds. The summed E-state index contributed by atoms with van der Waals surface area (Å²) in [6, 6.07) is 10.9. The second-order valence-corrected chi connectivity index (χ2v) is 4.89. The molecule has 1 heterocycles. The van der Waals surface area contributed by atoms with Crippen LogP contribution in [0.2, 0.25) is 5.02 Å². The molecule has 0 bridgehead atoms. The van der Waals surface area contributed by atoms with Gasteiger partial charge in [0.1, 0.15) is 5.82 Å². The van der Waals surface area contributed by atoms with Gasteiger partial charge in [-0.1, -0.05) is 23.6 Å². The number of aromatic amines is 1. The van der Waals surface area contributed by atoms with Crippen LogP contribution in [-0.4, -0.2) is 14.8 Å². The van der Waals surface area contributed by atoms with Gasteiger partial charge >= 0.3 is 5.69 Å². The zero-order valence-electron chi connectivity index (χ0n) is 11.2. The second kappa shape index (κ2) is 5.51. The topological polar surface area (TPSA) is 50.7 Å². The zero-order chi connectivity index (χ0) is 15.7. The predicted molar refractivity (Wildman–Crippen MR) is 82.5 cm³/mol. The maximum absolute atomic E-state index is 13.9. The largest absolute Gasteiger partial charge is 0.348 e. The third kappa shape index (κ3) is 2.41. The fourth-order valence-corrected chi connectivity index (χ4v) is 2.29. The molecule has 0 saturated carbocycles. The van der Waals surface area contributed by atoms with E-state index in [9.17, 15) is 9.18 Å². The Labute approximate surface area is 130 Å². The number of terminal acetylenes is 1. The van der Waals surface area contributed by atoms with Crippen molar-refractivity contribution in [1.29, 1.82) is 0 Å². The van der Waals surface area contributed by atoms with Crippen molar-refractivity contribution < 1.29 is 4.39 Å². The highest BCUT2D eigenvalue weighted by molar-refractivity contribution is 6.33. The number of rotatable bonds is 2. The quantitative estimate of drug-likeness (QED) is 0.739. The van der Waals surface area contributed by atoms with Crippen LogP contribution in [0.1, 0.15) is 5.56 Å². The molecule has 0 aliphatic carbocycles. The van der Waals surface area contributed by atoms with Gasteiger partial charge in [0.05, 0.1) is 16.3 Å². The van der Waals surface area contributed by atoms with Gasteiger partial charge < -0.3 is 0 Å². The molecular weight excluding hydrogens is 305 g/mol. The average molecular weight is 314 g/mol. The van der Waals surface area contributed by atoms with Gasteiger partial charge in [-0.3, -0.25) is 4.98 Å². The third-order valence-corrected chi connectivity index (χ3v) is 3.41. The molecule has 1 aromatic heterocycles. The van der Waals surface area contributed by atoms with E-state index in [1.165, 1.54) is 18.2 Å². The highest BCUT2D eigenvalue weighted by Gasteiger charge is 2.15. The molecule has 108 valence electrons. The number of halogens is 2. The molecule has 0 aliphatic rings. The van der Waals surface area contributed by atoms with E-state index in [0.717, 1.165) is 4.68 Å². The molecule has 0 fully saturated rings. The van der Waals surface area contributed by atoms with E-state index in [2.05, 4.69) is 16.0 Å². The van der Waals surface area contributed by atoms with E-state index in [1.807, 2.05) is 0 Å². The summed E-state index contributed by atoms with van der Waals surface area (Å²) in [6.07, 6.45) is 5.29. The number of aromatic nitrogens is 3. The van der Waals surface area contributed by atoms with Crippen molar-refractivity contribution in [2.75, 3.05) is 0 Å². The Kier molecular flexibility index (Phi) is 3.53. The molecule has 1 N–H and O–H groups in total. The molecule has 2 aromatic carbocycles. The molecule has 22 heavy (non-hydrogen) atoms. The van der Waals surface area contributed by atoms with Crippen LogP contribution in [0.4, 0.5) is 4.39 Å². The molecule has 4 nitrogen and oxygen atoms in total. The summed E-state index contributed by atoms with van der Waals surface area (Å²) in [4.78, 5) is 14.5. The number of H-pyrrole nitrogens is 1. The summed E-state index contributed by atoms with van der Waals surface area (Å²) < 4.78 is 15.0. The predicted octanol–water partition coefficient (Wildman–Crippen LogP) is 3.00. The van der Waals surface area contributed by atoms with Crippen molar-refractivity contribution >= 4 is 11.6 Å². The third-order valence-electron chi connectivity index (χ3n) is 3.10. The molecule has 3 aromatic rings. The van der Waals surface area contributed by atoms with Crippen LogP contribution < -0.4 is 5.69 Å². The summed E-state index contributed by atoms with van der Waals surface area (Å²) in [5, 5.41) is 4.27. The van der Waals surface area contributed by atoms with E-state index < -0.39 is 11.5 Å². The van der Waals surface area contributed by atoms with E-state index in [1.54, 1.807) is 24.3 Å². The van der Waals surface area contributed by atoms with Crippen LogP contribution in [0.5, 0.6) is 0 Å². The Bertz CT molecular complexity index is 915. The Morgan fingerprint density at radius 2 is 1.95 bits per heavy atom.